The Bertz CT molecular complexity index is 1650. The summed E-state index contributed by atoms with van der Waals surface area (Å²) in [5.41, 5.74) is 4.15. The first-order valence-corrected chi connectivity index (χ1v) is 12.8. The van der Waals surface area contributed by atoms with Gasteiger partial charge in [-0.05, 0) is 42.2 Å². The van der Waals surface area contributed by atoms with Crippen LogP contribution >= 0.6 is 22.9 Å². The molecule has 0 aliphatic rings. The van der Waals surface area contributed by atoms with Gasteiger partial charge in [0.05, 0.1) is 16.6 Å². The third-order valence-corrected chi connectivity index (χ3v) is 7.04. The van der Waals surface area contributed by atoms with Crippen LogP contribution in [-0.2, 0) is 13.0 Å². The molecule has 0 saturated carbocycles. The number of aromatic amines is 1. The summed E-state index contributed by atoms with van der Waals surface area (Å²) in [4.78, 5) is 24.6. The summed E-state index contributed by atoms with van der Waals surface area (Å²) < 4.78 is 6.02. The van der Waals surface area contributed by atoms with Crippen LogP contribution in [0.2, 0.25) is 5.02 Å². The Morgan fingerprint density at radius 1 is 1.05 bits per heavy atom. The number of thiazole rings is 1. The van der Waals surface area contributed by atoms with E-state index in [-0.39, 0.29) is 30.2 Å². The number of rotatable bonds is 8. The van der Waals surface area contributed by atoms with Crippen LogP contribution in [0.1, 0.15) is 23.2 Å². The van der Waals surface area contributed by atoms with Gasteiger partial charge in [-0.25, -0.2) is 9.97 Å². The Hall–Kier alpha value is -4.03. The quantitative estimate of drug-likeness (QED) is 0.265. The van der Waals surface area contributed by atoms with Crippen LogP contribution < -0.4 is 10.3 Å². The molecule has 184 valence electrons. The van der Waals surface area contributed by atoms with E-state index in [4.69, 9.17) is 21.4 Å². The molecule has 0 spiro atoms. The van der Waals surface area contributed by atoms with Crippen LogP contribution in [0.4, 0.5) is 0 Å². The molecule has 0 fully saturated rings. The molecule has 37 heavy (non-hydrogen) atoms. The first kappa shape index (κ1) is 24.7. The van der Waals surface area contributed by atoms with Crippen molar-refractivity contribution in [3.05, 3.63) is 98.4 Å². The molecule has 0 unspecified atom stereocenters. The monoisotopic (exact) mass is 528 g/mol. The van der Waals surface area contributed by atoms with Gasteiger partial charge in [0, 0.05) is 34.3 Å². The summed E-state index contributed by atoms with van der Waals surface area (Å²) in [7, 11) is 0. The van der Waals surface area contributed by atoms with Crippen molar-refractivity contribution >= 4 is 33.8 Å². The van der Waals surface area contributed by atoms with E-state index < -0.39 is 0 Å². The molecule has 3 heterocycles. The zero-order chi connectivity index (χ0) is 25.8. The number of aryl methyl sites for hydroxylation is 1. The number of hydrogen-bond donors (Lipinski definition) is 2. The number of benzene rings is 2. The number of halogens is 1. The maximum absolute atomic E-state index is 12.8. The third kappa shape index (κ3) is 5.25. The summed E-state index contributed by atoms with van der Waals surface area (Å²) in [6, 6.07) is 18.9. The minimum absolute atomic E-state index is 0.111. The van der Waals surface area contributed by atoms with Gasteiger partial charge in [-0.3, -0.25) is 4.79 Å². The molecule has 0 bridgehead atoms. The van der Waals surface area contributed by atoms with E-state index in [2.05, 4.69) is 21.0 Å². The highest BCUT2D eigenvalue weighted by atomic mass is 35.5. The van der Waals surface area contributed by atoms with Crippen molar-refractivity contribution in [1.82, 2.24) is 15.0 Å². The zero-order valence-electron chi connectivity index (χ0n) is 19.6. The largest absolute Gasteiger partial charge is 0.470 e. The Labute approximate surface area is 221 Å². The Morgan fingerprint density at radius 3 is 2.54 bits per heavy atom. The van der Waals surface area contributed by atoms with Crippen LogP contribution in [0.25, 0.3) is 32.6 Å². The molecular weight excluding hydrogens is 508 g/mol. The summed E-state index contributed by atoms with van der Waals surface area (Å²) in [5, 5.41) is 22.9. The first-order valence-electron chi connectivity index (χ1n) is 11.6. The van der Waals surface area contributed by atoms with Crippen LogP contribution in [0.5, 0.6) is 5.88 Å². The van der Waals surface area contributed by atoms with E-state index in [9.17, 15) is 10.1 Å². The van der Waals surface area contributed by atoms with Crippen LogP contribution in [0, 0.1) is 11.3 Å². The van der Waals surface area contributed by atoms with Gasteiger partial charge in [0.1, 0.15) is 23.2 Å². The topological polar surface area (TPSA) is 112 Å². The number of fused-ring (bicyclic) bond motifs is 1. The molecule has 5 rings (SSSR count). The van der Waals surface area contributed by atoms with E-state index in [1.54, 1.807) is 6.07 Å². The highest BCUT2D eigenvalue weighted by molar-refractivity contribution is 7.13. The lowest BCUT2D eigenvalue weighted by Gasteiger charge is -2.13. The molecule has 2 N–H and O–H groups in total. The van der Waals surface area contributed by atoms with Crippen molar-refractivity contribution in [3.8, 4) is 33.6 Å². The molecule has 2 aromatic carbocycles. The van der Waals surface area contributed by atoms with E-state index in [0.29, 0.717) is 39.2 Å². The maximum Gasteiger partial charge on any atom is 0.258 e. The van der Waals surface area contributed by atoms with Gasteiger partial charge in [0.15, 0.2) is 0 Å². The summed E-state index contributed by atoms with van der Waals surface area (Å²) in [5.74, 6) is 0.140. The number of aliphatic hydroxyl groups excluding tert-OH is 1. The van der Waals surface area contributed by atoms with Crippen LogP contribution in [0.3, 0.4) is 0 Å². The first-order chi connectivity index (χ1) is 18.1. The number of nitriles is 1. The van der Waals surface area contributed by atoms with Gasteiger partial charge in [-0.1, -0.05) is 48.0 Å². The molecule has 0 amide bonds. The number of aliphatic hydroxyl groups is 1. The van der Waals surface area contributed by atoms with Crippen LogP contribution in [0.15, 0.2) is 71.0 Å². The number of aromatic nitrogens is 3. The normalized spacial score (nSPS) is 10.9. The molecule has 9 heteroatoms. The van der Waals surface area contributed by atoms with Gasteiger partial charge in [-0.2, -0.15) is 5.26 Å². The zero-order valence-corrected chi connectivity index (χ0v) is 21.1. The number of nitrogens with one attached hydrogen (secondary N) is 1. The van der Waals surface area contributed by atoms with Gasteiger partial charge in [0.25, 0.3) is 5.56 Å². The SMILES string of the molecule is N#Cc1c(OCc2csc(-c3ccc(Cl)cc3)n2)nc2cc[nH]c(=O)c2c1-c1ccc(CCCO)cc1. The molecule has 0 saturated heterocycles. The van der Waals surface area contributed by atoms with Crippen molar-refractivity contribution in [2.75, 3.05) is 6.61 Å². The fourth-order valence-corrected chi connectivity index (χ4v) is 5.00. The molecular formula is C28H21ClN4O3S. The fourth-order valence-electron chi connectivity index (χ4n) is 4.06. The van der Waals surface area contributed by atoms with Gasteiger partial charge < -0.3 is 14.8 Å². The number of ether oxygens (including phenoxy) is 1. The minimum atomic E-state index is -0.334. The Balaban J connectivity index is 1.51. The van der Waals surface area contributed by atoms with E-state index in [0.717, 1.165) is 22.6 Å². The highest BCUT2D eigenvalue weighted by Crippen LogP contribution is 2.35. The average molecular weight is 529 g/mol. The van der Waals surface area contributed by atoms with E-state index >= 15 is 0 Å². The van der Waals surface area contributed by atoms with Gasteiger partial charge in [0.2, 0.25) is 5.88 Å². The van der Waals surface area contributed by atoms with E-state index in [1.165, 1.54) is 17.5 Å². The molecule has 0 aliphatic carbocycles. The summed E-state index contributed by atoms with van der Waals surface area (Å²) in [6.45, 7) is 0.228. The second-order valence-electron chi connectivity index (χ2n) is 8.31. The van der Waals surface area contributed by atoms with Gasteiger partial charge >= 0.3 is 0 Å². The molecule has 3 aromatic heterocycles. The van der Waals surface area contributed by atoms with Crippen molar-refractivity contribution in [1.29, 1.82) is 5.26 Å². The summed E-state index contributed by atoms with van der Waals surface area (Å²) >= 11 is 7.47. The Morgan fingerprint density at radius 2 is 1.81 bits per heavy atom. The fraction of sp³-hybridized carbons (Fsp3) is 0.143. The second-order valence-corrected chi connectivity index (χ2v) is 9.60. The predicted octanol–water partition coefficient (Wildman–Crippen LogP) is 5.74. The van der Waals surface area contributed by atoms with Crippen molar-refractivity contribution < 1.29 is 9.84 Å². The Kier molecular flexibility index (Phi) is 7.28. The number of nitrogens with zero attached hydrogens (tertiary/aromatic N) is 3. The highest BCUT2D eigenvalue weighted by Gasteiger charge is 2.20. The predicted molar refractivity (Wildman–Crippen MR) is 145 cm³/mol. The molecule has 0 atom stereocenters. The number of H-pyrrole nitrogens is 1. The lowest BCUT2D eigenvalue weighted by atomic mass is 9.96. The second kappa shape index (κ2) is 10.9. The van der Waals surface area contributed by atoms with Crippen molar-refractivity contribution in [2.24, 2.45) is 0 Å². The molecule has 0 aliphatic heterocycles. The third-order valence-electron chi connectivity index (χ3n) is 5.85. The lowest BCUT2D eigenvalue weighted by Crippen LogP contribution is -2.10. The number of hydrogen-bond acceptors (Lipinski definition) is 7. The van der Waals surface area contributed by atoms with Crippen molar-refractivity contribution in [3.63, 3.8) is 0 Å². The van der Waals surface area contributed by atoms with E-state index in [1.807, 2.05) is 53.9 Å². The average Bonchev–Trinajstić information content (AvgIpc) is 3.40. The minimum Gasteiger partial charge on any atom is -0.470 e. The van der Waals surface area contributed by atoms with Crippen LogP contribution in [-0.4, -0.2) is 26.7 Å². The van der Waals surface area contributed by atoms with Gasteiger partial charge in [-0.15, -0.1) is 11.3 Å². The number of pyridine rings is 2. The molecule has 0 radical (unpaired) electrons. The summed E-state index contributed by atoms with van der Waals surface area (Å²) in [6.07, 6.45) is 2.92. The molecule has 5 aromatic rings. The van der Waals surface area contributed by atoms with Crippen molar-refractivity contribution in [2.45, 2.75) is 19.4 Å². The maximum atomic E-state index is 12.8. The lowest BCUT2D eigenvalue weighted by molar-refractivity contribution is 0.288. The smallest absolute Gasteiger partial charge is 0.258 e. The standard InChI is InChI=1S/C28H21ClN4O3S/c29-20-9-7-19(8-10-20)28-32-21(16-37-28)15-36-27-22(14-30)24(25-23(33-27)11-12-31-26(25)35)18-5-3-17(4-6-18)2-1-13-34/h3-12,16,34H,1-2,13,15H2,(H,31,35). The molecule has 7 nitrogen and oxygen atoms in total.